The van der Waals surface area contributed by atoms with Crippen molar-refractivity contribution >= 4 is 6.24 Å². The summed E-state index contributed by atoms with van der Waals surface area (Å²) < 4.78 is 21.7. The Kier molecular flexibility index (Phi) is 8.45. The Balaban J connectivity index is 3.49. The van der Waals surface area contributed by atoms with Crippen molar-refractivity contribution in [3.05, 3.63) is 0 Å². The molecular formula is C8H18CrO3P. The van der Waals surface area contributed by atoms with E-state index in [2.05, 4.69) is 29.7 Å². The first-order valence-electron chi connectivity index (χ1n) is 4.72. The Morgan fingerprint density at radius 2 is 1.46 bits per heavy atom. The maximum atomic E-state index is 11.5. The van der Waals surface area contributed by atoms with Crippen LogP contribution in [0, 0.1) is 0 Å². The number of unbranched alkanes of at least 4 members (excludes halogenated alkanes) is 2. The van der Waals surface area contributed by atoms with Crippen LogP contribution in [-0.2, 0) is 29.5 Å². The Bertz CT molecular complexity index is 149. The summed E-state index contributed by atoms with van der Waals surface area (Å²) in [5.74, 6) is 0. The molecule has 79 valence electrons. The Hall–Kier alpha value is 0.682. The number of rotatable bonds is 8. The summed E-state index contributed by atoms with van der Waals surface area (Å²) >= 11 is 2.48. The normalized spacial score (nSPS) is 11.8. The quantitative estimate of drug-likeness (QED) is 0.486. The average Bonchev–Trinajstić information content (AvgIpc) is 2.05. The summed E-state index contributed by atoms with van der Waals surface area (Å²) in [5, 5.41) is 0. The Morgan fingerprint density at radius 3 is 1.77 bits per heavy atom. The predicted molar refractivity (Wildman–Crippen MR) is 49.3 cm³/mol. The van der Waals surface area contributed by atoms with E-state index in [0.717, 1.165) is 25.7 Å². The van der Waals surface area contributed by atoms with Crippen LogP contribution >= 0.6 is 6.24 Å². The third-order valence-electron chi connectivity index (χ3n) is 1.49. The van der Waals surface area contributed by atoms with Crippen LogP contribution in [0.2, 0.25) is 0 Å². The van der Waals surface area contributed by atoms with E-state index in [4.69, 9.17) is 9.05 Å². The minimum absolute atomic E-state index is 0.507. The van der Waals surface area contributed by atoms with E-state index >= 15 is 0 Å². The van der Waals surface area contributed by atoms with Gasteiger partial charge in [-0.2, -0.15) is 0 Å². The Labute approximate surface area is 88.7 Å². The van der Waals surface area contributed by atoms with Gasteiger partial charge in [0, 0.05) is 0 Å². The summed E-state index contributed by atoms with van der Waals surface area (Å²) in [6.07, 6.45) is 1.04. The molecule has 3 nitrogen and oxygen atoms in total. The van der Waals surface area contributed by atoms with E-state index in [-0.39, 0.29) is 0 Å². The zero-order chi connectivity index (χ0) is 10.2. The average molecular weight is 245 g/mol. The minimum atomic E-state index is -2.88. The molecule has 0 atom stereocenters. The molecule has 0 aliphatic carbocycles. The zero-order valence-electron chi connectivity index (χ0n) is 8.32. The van der Waals surface area contributed by atoms with Crippen LogP contribution < -0.4 is 0 Å². The van der Waals surface area contributed by atoms with Crippen molar-refractivity contribution in [2.45, 2.75) is 39.5 Å². The van der Waals surface area contributed by atoms with E-state index in [9.17, 15) is 4.57 Å². The fraction of sp³-hybridized carbons (Fsp3) is 1.00. The van der Waals surface area contributed by atoms with Crippen LogP contribution in [0.5, 0.6) is 0 Å². The fourth-order valence-electron chi connectivity index (χ4n) is 0.679. The molecule has 0 amide bonds. The van der Waals surface area contributed by atoms with E-state index in [1.807, 2.05) is 0 Å². The van der Waals surface area contributed by atoms with Gasteiger partial charge in [0.05, 0.1) is 0 Å². The van der Waals surface area contributed by atoms with Gasteiger partial charge in [0.2, 0.25) is 0 Å². The topological polar surface area (TPSA) is 35.5 Å². The van der Waals surface area contributed by atoms with Crippen LogP contribution in [0.4, 0.5) is 0 Å². The second kappa shape index (κ2) is 8.03. The maximum absolute atomic E-state index is 11.5. The van der Waals surface area contributed by atoms with Gasteiger partial charge in [0.1, 0.15) is 0 Å². The molecular weight excluding hydrogens is 227 g/mol. The molecule has 0 unspecified atom stereocenters. The molecule has 0 aromatic rings. The molecule has 0 heterocycles. The SMILES string of the molecule is CCCCO[P](=O)([Cr])OCCCC. The molecule has 0 spiro atoms. The van der Waals surface area contributed by atoms with E-state index in [1.165, 1.54) is 0 Å². The second-order valence-corrected chi connectivity index (χ2v) is 6.33. The molecule has 0 aromatic heterocycles. The van der Waals surface area contributed by atoms with Crippen LogP contribution in [0.3, 0.4) is 0 Å². The molecule has 0 saturated heterocycles. The van der Waals surface area contributed by atoms with Crippen LogP contribution in [0.25, 0.3) is 0 Å². The van der Waals surface area contributed by atoms with Gasteiger partial charge in [-0.05, 0) is 0 Å². The molecule has 5 heteroatoms. The number of hydrogen-bond acceptors (Lipinski definition) is 3. The van der Waals surface area contributed by atoms with Gasteiger partial charge < -0.3 is 0 Å². The third-order valence-corrected chi connectivity index (χ3v) is 3.48. The first-order valence-corrected chi connectivity index (χ1v) is 7.89. The predicted octanol–water partition coefficient (Wildman–Crippen LogP) is 3.27. The zero-order valence-corrected chi connectivity index (χ0v) is 10.5. The molecule has 0 bridgehead atoms. The summed E-state index contributed by atoms with van der Waals surface area (Å²) in [4.78, 5) is 0. The van der Waals surface area contributed by atoms with Crippen molar-refractivity contribution in [2.75, 3.05) is 13.2 Å². The monoisotopic (exact) mass is 245 g/mol. The summed E-state index contributed by atoms with van der Waals surface area (Å²) in [6, 6.07) is 0. The van der Waals surface area contributed by atoms with Crippen molar-refractivity contribution in [1.82, 2.24) is 0 Å². The summed E-state index contributed by atoms with van der Waals surface area (Å²) in [7, 11) is 0. The van der Waals surface area contributed by atoms with E-state index in [1.54, 1.807) is 0 Å². The number of hydrogen-bond donors (Lipinski definition) is 0. The standard InChI is InChI=1S/C8H18O3P.Cr/c1-3-5-7-10-12(9)11-8-6-4-2;/h3-8H2,1-2H3;/q+1;-1. The molecule has 0 rings (SSSR count). The third kappa shape index (κ3) is 9.00. The molecule has 0 N–H and O–H groups in total. The van der Waals surface area contributed by atoms with Crippen molar-refractivity contribution in [3.8, 4) is 0 Å². The van der Waals surface area contributed by atoms with Crippen LogP contribution in [0.1, 0.15) is 39.5 Å². The van der Waals surface area contributed by atoms with Gasteiger partial charge >= 0.3 is 88.4 Å². The second-order valence-electron chi connectivity index (χ2n) is 2.82. The van der Waals surface area contributed by atoms with Crippen LogP contribution in [-0.4, -0.2) is 13.2 Å². The van der Waals surface area contributed by atoms with Crippen molar-refractivity contribution in [3.63, 3.8) is 0 Å². The van der Waals surface area contributed by atoms with Crippen molar-refractivity contribution in [2.24, 2.45) is 0 Å². The molecule has 0 aromatic carbocycles. The van der Waals surface area contributed by atoms with Crippen molar-refractivity contribution < 1.29 is 29.5 Å². The first-order chi connectivity index (χ1) is 6.12. The summed E-state index contributed by atoms with van der Waals surface area (Å²) in [5.41, 5.74) is 0. The molecule has 13 heavy (non-hydrogen) atoms. The van der Waals surface area contributed by atoms with Gasteiger partial charge in [-0.1, -0.05) is 0 Å². The molecule has 0 radical (unpaired) electrons. The Morgan fingerprint density at radius 1 is 1.08 bits per heavy atom. The summed E-state index contributed by atoms with van der Waals surface area (Å²) in [6.45, 7) is 5.14. The van der Waals surface area contributed by atoms with Gasteiger partial charge in [-0.25, -0.2) is 0 Å². The molecule has 0 saturated carbocycles. The molecule has 0 aliphatic heterocycles. The fourth-order valence-corrected chi connectivity index (χ4v) is 2.16. The molecule has 0 aliphatic rings. The van der Waals surface area contributed by atoms with E-state index < -0.39 is 6.24 Å². The van der Waals surface area contributed by atoms with Gasteiger partial charge in [-0.15, -0.1) is 0 Å². The molecule has 0 fully saturated rings. The van der Waals surface area contributed by atoms with Crippen molar-refractivity contribution in [1.29, 1.82) is 0 Å². The van der Waals surface area contributed by atoms with Crippen LogP contribution in [0.15, 0.2) is 0 Å². The van der Waals surface area contributed by atoms with Gasteiger partial charge in [0.15, 0.2) is 0 Å². The van der Waals surface area contributed by atoms with Gasteiger partial charge in [0.25, 0.3) is 0 Å². The van der Waals surface area contributed by atoms with Gasteiger partial charge in [-0.3, -0.25) is 0 Å². The van der Waals surface area contributed by atoms with E-state index in [0.29, 0.717) is 13.2 Å². The first kappa shape index (κ1) is 13.7.